The Labute approximate surface area is 188 Å². The van der Waals surface area contributed by atoms with Gasteiger partial charge in [0.05, 0.1) is 7.11 Å². The first-order valence-electron chi connectivity index (χ1n) is 11.4. The number of fused-ring (bicyclic) bond motifs is 2. The highest BCUT2D eigenvalue weighted by Crippen LogP contribution is 2.41. The van der Waals surface area contributed by atoms with Crippen molar-refractivity contribution in [3.8, 4) is 0 Å². The Kier molecular flexibility index (Phi) is 7.06. The number of methoxy groups -OCH3 is 1. The molecule has 0 radical (unpaired) electrons. The van der Waals surface area contributed by atoms with Gasteiger partial charge in [-0.15, -0.1) is 0 Å². The monoisotopic (exact) mass is 446 g/mol. The number of hydrogen-bond donors (Lipinski definition) is 0. The zero-order chi connectivity index (χ0) is 22.0. The Balaban J connectivity index is 1.25. The van der Waals surface area contributed by atoms with Gasteiger partial charge in [-0.2, -0.15) is 16.7 Å². The van der Waals surface area contributed by atoms with Crippen LogP contribution in [-0.4, -0.2) is 55.8 Å². The van der Waals surface area contributed by atoms with Crippen LogP contribution < -0.4 is 11.4 Å². The van der Waals surface area contributed by atoms with Crippen molar-refractivity contribution in [1.82, 2.24) is 19.0 Å². The lowest BCUT2D eigenvalue weighted by atomic mass is 10.0. The van der Waals surface area contributed by atoms with Crippen molar-refractivity contribution in [2.45, 2.75) is 69.3 Å². The summed E-state index contributed by atoms with van der Waals surface area (Å²) in [4.78, 5) is 31.1. The lowest BCUT2D eigenvalue weighted by Crippen LogP contribution is -2.46. The van der Waals surface area contributed by atoms with Gasteiger partial charge in [-0.3, -0.25) is 9.47 Å². The van der Waals surface area contributed by atoms with Crippen LogP contribution in [0.15, 0.2) is 33.6 Å². The summed E-state index contributed by atoms with van der Waals surface area (Å²) >= 11 is 2.14. The summed E-state index contributed by atoms with van der Waals surface area (Å²) in [6, 6.07) is 1.29. The third-order valence-corrected chi connectivity index (χ3v) is 8.54. The van der Waals surface area contributed by atoms with Gasteiger partial charge in [0.15, 0.2) is 0 Å². The number of ether oxygens (including phenoxy) is 1. The van der Waals surface area contributed by atoms with Crippen molar-refractivity contribution >= 4 is 11.8 Å². The van der Waals surface area contributed by atoms with E-state index in [1.54, 1.807) is 21.1 Å². The highest BCUT2D eigenvalue weighted by atomic mass is 32.2. The number of thioether (sulfide) groups is 1. The van der Waals surface area contributed by atoms with Crippen molar-refractivity contribution < 1.29 is 4.74 Å². The van der Waals surface area contributed by atoms with E-state index in [0.717, 1.165) is 30.4 Å². The molecule has 0 N–H and O–H groups in total. The summed E-state index contributed by atoms with van der Waals surface area (Å²) < 4.78 is 8.01. The Hall–Kier alpha value is -1.80. The molecule has 31 heavy (non-hydrogen) atoms. The van der Waals surface area contributed by atoms with E-state index in [-0.39, 0.29) is 5.69 Å². The van der Waals surface area contributed by atoms with Gasteiger partial charge in [0.25, 0.3) is 0 Å². The number of aromatic nitrogens is 3. The summed E-state index contributed by atoms with van der Waals surface area (Å²) in [5, 5.41) is 0.742. The van der Waals surface area contributed by atoms with E-state index in [0.29, 0.717) is 30.4 Å². The van der Waals surface area contributed by atoms with Crippen molar-refractivity contribution in [2.75, 3.05) is 19.4 Å². The normalized spacial score (nSPS) is 28.0. The van der Waals surface area contributed by atoms with Gasteiger partial charge in [-0.05, 0) is 63.5 Å². The number of piperidine rings is 1. The molecular weight excluding hydrogens is 412 g/mol. The maximum Gasteiger partial charge on any atom is 0.353 e. The summed E-state index contributed by atoms with van der Waals surface area (Å²) in [6.07, 6.45) is 13.5. The molecular formula is C23H34N4O3S. The van der Waals surface area contributed by atoms with Gasteiger partial charge in [0.1, 0.15) is 11.6 Å². The number of nitrogens with zero attached hydrogens (tertiary/aromatic N) is 4. The van der Waals surface area contributed by atoms with Crippen molar-refractivity contribution in [3.05, 3.63) is 50.8 Å². The number of aryl methyl sites for hydroxylation is 1. The predicted molar refractivity (Wildman–Crippen MR) is 124 cm³/mol. The Bertz CT molecular complexity index is 953. The molecule has 1 aromatic heterocycles. The summed E-state index contributed by atoms with van der Waals surface area (Å²) in [6.45, 7) is 3.08. The predicted octanol–water partition coefficient (Wildman–Crippen LogP) is 2.48. The Morgan fingerprint density at radius 1 is 1.19 bits per heavy atom. The zero-order valence-corrected chi connectivity index (χ0v) is 19.6. The lowest BCUT2D eigenvalue weighted by Gasteiger charge is -2.39. The highest BCUT2D eigenvalue weighted by Gasteiger charge is 2.40. The molecule has 170 valence electrons. The van der Waals surface area contributed by atoms with Crippen LogP contribution >= 0.6 is 11.8 Å². The molecule has 7 nitrogen and oxygen atoms in total. The molecule has 1 aromatic rings. The van der Waals surface area contributed by atoms with Crippen LogP contribution in [0.4, 0.5) is 0 Å². The molecule has 2 bridgehead atoms. The quantitative estimate of drug-likeness (QED) is 0.611. The standard InChI is InChI=1S/C23H34N4O3S/c1-16-24-22(28)27(23(29)25(16)2)12-4-11-26-18-7-8-19(26)14-21(13-18)31-15-17-5-9-20(30-3)10-6-17/h5,9-10,17-19,21H,4,6-8,11-15H2,1-3H3. The van der Waals surface area contributed by atoms with E-state index in [1.165, 1.54) is 40.6 Å². The van der Waals surface area contributed by atoms with Crippen molar-refractivity contribution in [3.63, 3.8) is 0 Å². The second kappa shape index (κ2) is 9.77. The molecule has 2 fully saturated rings. The van der Waals surface area contributed by atoms with E-state index < -0.39 is 5.69 Å². The van der Waals surface area contributed by atoms with Gasteiger partial charge in [-0.25, -0.2) is 14.2 Å². The maximum atomic E-state index is 12.4. The second-order valence-corrected chi connectivity index (χ2v) is 10.3. The van der Waals surface area contributed by atoms with Gasteiger partial charge in [0, 0.05) is 43.2 Å². The van der Waals surface area contributed by atoms with Crippen LogP contribution in [0.25, 0.3) is 0 Å². The average molecular weight is 447 g/mol. The topological polar surface area (TPSA) is 69.4 Å². The van der Waals surface area contributed by atoms with E-state index in [9.17, 15) is 9.59 Å². The first-order chi connectivity index (χ1) is 15.0. The van der Waals surface area contributed by atoms with Gasteiger partial charge in [0.2, 0.25) is 0 Å². The number of rotatable bonds is 8. The minimum Gasteiger partial charge on any atom is -0.497 e. The summed E-state index contributed by atoms with van der Waals surface area (Å²) in [5.41, 5.74) is -0.692. The summed E-state index contributed by atoms with van der Waals surface area (Å²) in [7, 11) is 3.39. The largest absolute Gasteiger partial charge is 0.497 e. The average Bonchev–Trinajstić information content (AvgIpc) is 3.00. The van der Waals surface area contributed by atoms with E-state index >= 15 is 0 Å². The van der Waals surface area contributed by atoms with E-state index in [4.69, 9.17) is 4.74 Å². The van der Waals surface area contributed by atoms with Crippen molar-refractivity contribution in [1.29, 1.82) is 0 Å². The number of allylic oxidation sites excluding steroid dienone is 3. The molecule has 0 saturated carbocycles. The molecule has 3 heterocycles. The molecule has 2 aliphatic heterocycles. The molecule has 2 saturated heterocycles. The first kappa shape index (κ1) is 22.4. The first-order valence-corrected chi connectivity index (χ1v) is 12.4. The molecule has 3 atom stereocenters. The minimum atomic E-state index is -0.428. The molecule has 8 heteroatoms. The van der Waals surface area contributed by atoms with Crippen LogP contribution in [-0.2, 0) is 18.3 Å². The van der Waals surface area contributed by atoms with Crippen LogP contribution in [0.3, 0.4) is 0 Å². The van der Waals surface area contributed by atoms with Gasteiger partial charge < -0.3 is 4.74 Å². The molecule has 0 spiro atoms. The fourth-order valence-corrected chi connectivity index (χ4v) is 6.67. The number of hydrogen-bond acceptors (Lipinski definition) is 6. The van der Waals surface area contributed by atoms with Gasteiger partial charge in [-0.1, -0.05) is 6.08 Å². The SMILES string of the molecule is COC1=CCC(CSC2CC3CCC(C2)N3CCCn2c(=O)nc(C)n(C)c2=O)C=C1. The molecule has 3 unspecified atom stereocenters. The fourth-order valence-electron chi connectivity index (χ4n) is 5.18. The molecule has 0 aromatic carbocycles. The third-order valence-electron chi connectivity index (χ3n) is 7.07. The van der Waals surface area contributed by atoms with E-state index in [2.05, 4.69) is 39.9 Å². The van der Waals surface area contributed by atoms with Crippen molar-refractivity contribution in [2.24, 2.45) is 13.0 Å². The Morgan fingerprint density at radius 3 is 2.58 bits per heavy atom. The molecule has 1 aliphatic carbocycles. The van der Waals surface area contributed by atoms with Crippen LogP contribution in [0.2, 0.25) is 0 Å². The smallest absolute Gasteiger partial charge is 0.353 e. The summed E-state index contributed by atoms with van der Waals surface area (Å²) in [5.74, 6) is 3.24. The van der Waals surface area contributed by atoms with Crippen LogP contribution in [0.1, 0.15) is 44.3 Å². The highest BCUT2D eigenvalue weighted by molar-refractivity contribution is 7.99. The Morgan fingerprint density at radius 2 is 1.94 bits per heavy atom. The molecule has 0 amide bonds. The van der Waals surface area contributed by atoms with Gasteiger partial charge >= 0.3 is 11.4 Å². The molecule has 4 rings (SSSR count). The third kappa shape index (κ3) is 5.00. The zero-order valence-electron chi connectivity index (χ0n) is 18.8. The maximum absolute atomic E-state index is 12.4. The fraction of sp³-hybridized carbons (Fsp3) is 0.696. The van der Waals surface area contributed by atoms with E-state index in [1.807, 2.05) is 0 Å². The molecule has 3 aliphatic rings. The second-order valence-electron chi connectivity index (χ2n) is 9.00. The lowest BCUT2D eigenvalue weighted by molar-refractivity contribution is 0.140. The minimum absolute atomic E-state index is 0.264. The van der Waals surface area contributed by atoms with Crippen LogP contribution in [0, 0.1) is 12.8 Å². The van der Waals surface area contributed by atoms with Crippen LogP contribution in [0.5, 0.6) is 0 Å².